The van der Waals surface area contributed by atoms with Crippen molar-refractivity contribution < 1.29 is 0 Å². The van der Waals surface area contributed by atoms with Crippen molar-refractivity contribution in [1.29, 1.82) is 0 Å². The van der Waals surface area contributed by atoms with E-state index < -0.39 is 0 Å². The lowest BCUT2D eigenvalue weighted by Crippen LogP contribution is -2.25. The number of halogens is 1. The minimum absolute atomic E-state index is 0.403. The standard InChI is InChI=1S/C7H11ClN4/c1-12(5-4-9)7-3-2-6(8)10-11-7/h2-3H,4-5,9H2,1H3. The maximum absolute atomic E-state index is 5.58. The fourth-order valence-electron chi connectivity index (χ4n) is 0.821. The first-order chi connectivity index (χ1) is 5.74. The fraction of sp³-hybridized carbons (Fsp3) is 0.429. The molecule has 0 unspecified atom stereocenters. The summed E-state index contributed by atoms with van der Waals surface area (Å²) in [5, 5.41) is 8.00. The van der Waals surface area contributed by atoms with E-state index >= 15 is 0 Å². The number of nitrogens with zero attached hydrogens (tertiary/aromatic N) is 3. The van der Waals surface area contributed by atoms with Crippen LogP contribution in [0.15, 0.2) is 12.1 Å². The van der Waals surface area contributed by atoms with Crippen molar-refractivity contribution in [3.05, 3.63) is 17.3 Å². The van der Waals surface area contributed by atoms with Gasteiger partial charge in [-0.25, -0.2) is 0 Å². The van der Waals surface area contributed by atoms with Gasteiger partial charge >= 0.3 is 0 Å². The molecule has 0 fully saturated rings. The van der Waals surface area contributed by atoms with Crippen molar-refractivity contribution in [1.82, 2.24) is 10.2 Å². The summed E-state index contributed by atoms with van der Waals surface area (Å²) in [6.45, 7) is 1.36. The van der Waals surface area contributed by atoms with E-state index in [1.54, 1.807) is 6.07 Å². The Morgan fingerprint density at radius 1 is 1.50 bits per heavy atom. The van der Waals surface area contributed by atoms with Crippen LogP contribution < -0.4 is 10.6 Å². The molecule has 12 heavy (non-hydrogen) atoms. The monoisotopic (exact) mass is 186 g/mol. The predicted molar refractivity (Wildman–Crippen MR) is 49.4 cm³/mol. The van der Waals surface area contributed by atoms with E-state index in [0.717, 1.165) is 12.4 Å². The molecule has 0 saturated carbocycles. The second kappa shape index (κ2) is 4.23. The molecule has 0 bridgehead atoms. The van der Waals surface area contributed by atoms with Gasteiger partial charge < -0.3 is 10.6 Å². The Morgan fingerprint density at radius 3 is 2.75 bits per heavy atom. The van der Waals surface area contributed by atoms with Crippen LogP contribution in [-0.4, -0.2) is 30.3 Å². The smallest absolute Gasteiger partial charge is 0.151 e. The summed E-state index contributed by atoms with van der Waals surface area (Å²) >= 11 is 5.58. The maximum atomic E-state index is 5.58. The van der Waals surface area contributed by atoms with Gasteiger partial charge in [0, 0.05) is 20.1 Å². The van der Waals surface area contributed by atoms with Gasteiger partial charge in [-0.3, -0.25) is 0 Å². The zero-order valence-corrected chi connectivity index (χ0v) is 7.62. The van der Waals surface area contributed by atoms with Gasteiger partial charge in [-0.2, -0.15) is 0 Å². The highest BCUT2D eigenvalue weighted by atomic mass is 35.5. The number of hydrogen-bond donors (Lipinski definition) is 1. The third kappa shape index (κ3) is 2.32. The summed E-state index contributed by atoms with van der Waals surface area (Å²) in [6, 6.07) is 3.52. The molecule has 2 N–H and O–H groups in total. The first-order valence-corrected chi connectivity index (χ1v) is 4.02. The number of anilines is 1. The molecule has 66 valence electrons. The Labute approximate surface area is 76.3 Å². The Morgan fingerprint density at radius 2 is 2.25 bits per heavy atom. The third-order valence-corrected chi connectivity index (χ3v) is 1.68. The van der Waals surface area contributed by atoms with Crippen LogP contribution in [-0.2, 0) is 0 Å². The molecule has 0 atom stereocenters. The highest BCUT2D eigenvalue weighted by Crippen LogP contribution is 2.08. The Bertz CT molecular complexity index is 236. The van der Waals surface area contributed by atoms with Crippen molar-refractivity contribution >= 4 is 17.4 Å². The Kier molecular flexibility index (Phi) is 3.25. The quantitative estimate of drug-likeness (QED) is 0.748. The molecule has 0 aromatic carbocycles. The molecule has 0 spiro atoms. The summed E-state index contributed by atoms with van der Waals surface area (Å²) in [5.74, 6) is 0.782. The van der Waals surface area contributed by atoms with Crippen LogP contribution in [0.1, 0.15) is 0 Å². The Balaban J connectivity index is 2.68. The van der Waals surface area contributed by atoms with Crippen molar-refractivity contribution in [2.45, 2.75) is 0 Å². The molecule has 4 nitrogen and oxygen atoms in total. The van der Waals surface area contributed by atoms with Crippen LogP contribution in [0.5, 0.6) is 0 Å². The van der Waals surface area contributed by atoms with E-state index in [2.05, 4.69) is 10.2 Å². The molecule has 0 aliphatic rings. The van der Waals surface area contributed by atoms with Gasteiger partial charge in [0.15, 0.2) is 11.0 Å². The zero-order valence-electron chi connectivity index (χ0n) is 6.87. The number of likely N-dealkylation sites (N-methyl/N-ethyl adjacent to an activating group) is 1. The second-order valence-corrected chi connectivity index (χ2v) is 2.81. The molecule has 1 aromatic rings. The van der Waals surface area contributed by atoms with E-state index in [4.69, 9.17) is 17.3 Å². The number of rotatable bonds is 3. The van der Waals surface area contributed by atoms with Crippen molar-refractivity contribution in [3.8, 4) is 0 Å². The summed E-state index contributed by atoms with van der Waals surface area (Å²) < 4.78 is 0. The van der Waals surface area contributed by atoms with Crippen molar-refractivity contribution in [2.24, 2.45) is 5.73 Å². The molecule has 5 heteroatoms. The van der Waals surface area contributed by atoms with Gasteiger partial charge in [-0.1, -0.05) is 11.6 Å². The van der Waals surface area contributed by atoms with Crippen LogP contribution in [0, 0.1) is 0 Å². The van der Waals surface area contributed by atoms with Crippen LogP contribution in [0.2, 0.25) is 5.15 Å². The van der Waals surface area contributed by atoms with E-state index in [0.29, 0.717) is 11.7 Å². The van der Waals surface area contributed by atoms with Crippen molar-refractivity contribution in [2.75, 3.05) is 25.0 Å². The Hall–Kier alpha value is -0.870. The normalized spacial score (nSPS) is 9.92. The maximum Gasteiger partial charge on any atom is 0.151 e. The van der Waals surface area contributed by atoms with Gasteiger partial charge in [0.1, 0.15) is 0 Å². The first kappa shape index (κ1) is 9.22. The van der Waals surface area contributed by atoms with Crippen LogP contribution in [0.25, 0.3) is 0 Å². The third-order valence-electron chi connectivity index (χ3n) is 1.47. The molecule has 1 rings (SSSR count). The van der Waals surface area contributed by atoms with E-state index in [1.807, 2.05) is 18.0 Å². The molecule has 0 saturated heterocycles. The SMILES string of the molecule is CN(CCN)c1ccc(Cl)nn1. The van der Waals surface area contributed by atoms with Crippen LogP contribution in [0.3, 0.4) is 0 Å². The minimum atomic E-state index is 0.403. The highest BCUT2D eigenvalue weighted by Gasteiger charge is 2.00. The van der Waals surface area contributed by atoms with Gasteiger partial charge in [-0.05, 0) is 12.1 Å². The van der Waals surface area contributed by atoms with Gasteiger partial charge in [0.05, 0.1) is 0 Å². The summed E-state index contributed by atoms with van der Waals surface area (Å²) in [7, 11) is 1.91. The minimum Gasteiger partial charge on any atom is -0.357 e. The van der Waals surface area contributed by atoms with E-state index in [1.165, 1.54) is 0 Å². The van der Waals surface area contributed by atoms with Gasteiger partial charge in [0.25, 0.3) is 0 Å². The largest absolute Gasteiger partial charge is 0.357 e. The lowest BCUT2D eigenvalue weighted by molar-refractivity contribution is 0.847. The molecule has 1 aromatic heterocycles. The van der Waals surface area contributed by atoms with Crippen molar-refractivity contribution in [3.63, 3.8) is 0 Å². The number of nitrogens with two attached hydrogens (primary N) is 1. The van der Waals surface area contributed by atoms with E-state index in [-0.39, 0.29) is 0 Å². The summed E-state index contributed by atoms with van der Waals surface area (Å²) in [5.41, 5.74) is 5.38. The molecule has 0 aliphatic heterocycles. The topological polar surface area (TPSA) is 55.0 Å². The van der Waals surface area contributed by atoms with E-state index in [9.17, 15) is 0 Å². The number of aromatic nitrogens is 2. The van der Waals surface area contributed by atoms with Crippen LogP contribution in [0.4, 0.5) is 5.82 Å². The second-order valence-electron chi connectivity index (χ2n) is 2.42. The highest BCUT2D eigenvalue weighted by molar-refractivity contribution is 6.29. The first-order valence-electron chi connectivity index (χ1n) is 3.64. The summed E-state index contributed by atoms with van der Waals surface area (Å²) in [4.78, 5) is 1.92. The summed E-state index contributed by atoms with van der Waals surface area (Å²) in [6.07, 6.45) is 0. The average Bonchev–Trinajstić information content (AvgIpc) is 2.06. The molecule has 1 heterocycles. The lowest BCUT2D eigenvalue weighted by Gasteiger charge is -2.15. The molecule has 0 radical (unpaired) electrons. The van der Waals surface area contributed by atoms with Gasteiger partial charge in [-0.15, -0.1) is 10.2 Å². The predicted octanol–water partition coefficient (Wildman–Crippen LogP) is 0.525. The lowest BCUT2D eigenvalue weighted by atomic mass is 10.4. The average molecular weight is 187 g/mol. The molecular formula is C7H11ClN4. The van der Waals surface area contributed by atoms with Crippen LogP contribution >= 0.6 is 11.6 Å². The van der Waals surface area contributed by atoms with Gasteiger partial charge in [0.2, 0.25) is 0 Å². The molecular weight excluding hydrogens is 176 g/mol. The molecule has 0 aliphatic carbocycles. The zero-order chi connectivity index (χ0) is 8.97. The fourth-order valence-corrected chi connectivity index (χ4v) is 0.922. The molecule has 0 amide bonds. The number of hydrogen-bond acceptors (Lipinski definition) is 4.